The maximum Gasteiger partial charge on any atom is 0.166 e. The number of hydrogen-bond donors (Lipinski definition) is 0. The largest absolute Gasteiger partial charge is 0.493 e. The molecule has 0 aromatic heterocycles. The molecule has 1 atom stereocenters. The number of piperidine rings is 1. The number of benzene rings is 2. The van der Waals surface area contributed by atoms with E-state index in [-0.39, 0.29) is 11.7 Å². The number of carbonyl (C=O) groups is 1. The van der Waals surface area contributed by atoms with Crippen LogP contribution in [-0.2, 0) is 13.0 Å². The monoisotopic (exact) mass is 404 g/mol. The first-order valence-corrected chi connectivity index (χ1v) is 10.6. The highest BCUT2D eigenvalue weighted by atomic mass is 16.5. The SMILES string of the molecule is COc1cc2c(cc1OC)C(=O)C(CC1CCN(Cc3cccc(C#N)c3)CC1)C2. The van der Waals surface area contributed by atoms with Crippen LogP contribution in [0.25, 0.3) is 0 Å². The van der Waals surface area contributed by atoms with Crippen molar-refractivity contribution in [2.24, 2.45) is 11.8 Å². The maximum absolute atomic E-state index is 13.0. The van der Waals surface area contributed by atoms with Crippen molar-refractivity contribution in [1.29, 1.82) is 5.26 Å². The van der Waals surface area contributed by atoms with Gasteiger partial charge in [0.1, 0.15) is 0 Å². The van der Waals surface area contributed by atoms with Crippen molar-refractivity contribution in [3.63, 3.8) is 0 Å². The van der Waals surface area contributed by atoms with Gasteiger partial charge in [-0.3, -0.25) is 9.69 Å². The number of carbonyl (C=O) groups excluding carboxylic acids is 1. The molecule has 2 aromatic rings. The van der Waals surface area contributed by atoms with Crippen molar-refractivity contribution < 1.29 is 14.3 Å². The molecular formula is C25H28N2O3. The van der Waals surface area contributed by atoms with Gasteiger partial charge in [0.2, 0.25) is 0 Å². The summed E-state index contributed by atoms with van der Waals surface area (Å²) in [6, 6.07) is 13.9. The van der Waals surface area contributed by atoms with E-state index in [9.17, 15) is 4.79 Å². The minimum Gasteiger partial charge on any atom is -0.493 e. The first-order valence-electron chi connectivity index (χ1n) is 10.6. The Kier molecular flexibility index (Phi) is 6.06. The molecule has 1 fully saturated rings. The van der Waals surface area contributed by atoms with Crippen LogP contribution in [0.3, 0.4) is 0 Å². The van der Waals surface area contributed by atoms with Gasteiger partial charge in [-0.1, -0.05) is 12.1 Å². The summed E-state index contributed by atoms with van der Waals surface area (Å²) < 4.78 is 10.8. The predicted octanol–water partition coefficient (Wildman–Crippen LogP) is 4.23. The summed E-state index contributed by atoms with van der Waals surface area (Å²) in [5, 5.41) is 9.08. The van der Waals surface area contributed by atoms with Crippen molar-refractivity contribution in [1.82, 2.24) is 4.90 Å². The molecule has 1 heterocycles. The zero-order valence-electron chi connectivity index (χ0n) is 17.7. The predicted molar refractivity (Wildman–Crippen MR) is 115 cm³/mol. The van der Waals surface area contributed by atoms with Gasteiger partial charge in [0.25, 0.3) is 0 Å². The zero-order valence-corrected chi connectivity index (χ0v) is 17.7. The van der Waals surface area contributed by atoms with Crippen LogP contribution in [0.2, 0.25) is 0 Å². The first kappa shape index (κ1) is 20.4. The minimum atomic E-state index is 0.0701. The van der Waals surface area contributed by atoms with Gasteiger partial charge in [0.05, 0.1) is 25.9 Å². The van der Waals surface area contributed by atoms with Crippen LogP contribution < -0.4 is 9.47 Å². The summed E-state index contributed by atoms with van der Waals surface area (Å²) in [4.78, 5) is 15.4. The van der Waals surface area contributed by atoms with Gasteiger partial charge >= 0.3 is 0 Å². The lowest BCUT2D eigenvalue weighted by molar-refractivity contribution is 0.0895. The van der Waals surface area contributed by atoms with E-state index in [1.807, 2.05) is 30.3 Å². The second kappa shape index (κ2) is 8.89. The Morgan fingerprint density at radius 2 is 1.83 bits per heavy atom. The number of methoxy groups -OCH3 is 2. The third-order valence-corrected chi connectivity index (χ3v) is 6.50. The second-order valence-electron chi connectivity index (χ2n) is 8.40. The highest BCUT2D eigenvalue weighted by molar-refractivity contribution is 6.02. The third-order valence-electron chi connectivity index (χ3n) is 6.50. The van der Waals surface area contributed by atoms with E-state index in [1.54, 1.807) is 14.2 Å². The molecule has 1 aliphatic carbocycles. The summed E-state index contributed by atoms with van der Waals surface area (Å²) >= 11 is 0. The number of ketones is 1. The lowest BCUT2D eigenvalue weighted by Gasteiger charge is -2.33. The highest BCUT2D eigenvalue weighted by Crippen LogP contribution is 2.39. The molecule has 30 heavy (non-hydrogen) atoms. The molecule has 0 amide bonds. The number of nitriles is 1. The van der Waals surface area contributed by atoms with Gasteiger partial charge in [-0.05, 0) is 80.1 Å². The smallest absolute Gasteiger partial charge is 0.166 e. The molecule has 156 valence electrons. The summed E-state index contributed by atoms with van der Waals surface area (Å²) in [5.74, 6) is 2.22. The summed E-state index contributed by atoms with van der Waals surface area (Å²) in [6.45, 7) is 2.96. The Labute approximate surface area is 178 Å². The van der Waals surface area contributed by atoms with E-state index in [0.29, 0.717) is 17.4 Å². The van der Waals surface area contributed by atoms with Gasteiger partial charge < -0.3 is 9.47 Å². The standard InChI is InChI=1S/C25H28N2O3/c1-29-23-13-20-12-21(25(28)22(20)14-24(23)30-2)11-17-6-8-27(9-7-17)16-19-5-3-4-18(10-19)15-26/h3-5,10,13-14,17,21H,6-9,11-12,16H2,1-2H3. The molecule has 1 saturated heterocycles. The van der Waals surface area contributed by atoms with Crippen LogP contribution >= 0.6 is 0 Å². The summed E-state index contributed by atoms with van der Waals surface area (Å²) in [5.41, 5.74) is 3.79. The van der Waals surface area contributed by atoms with Crippen molar-refractivity contribution in [3.8, 4) is 17.6 Å². The Morgan fingerprint density at radius 3 is 2.53 bits per heavy atom. The molecule has 1 unspecified atom stereocenters. The van der Waals surface area contributed by atoms with Crippen LogP contribution in [0.5, 0.6) is 11.5 Å². The second-order valence-corrected chi connectivity index (χ2v) is 8.40. The Hall–Kier alpha value is -2.84. The minimum absolute atomic E-state index is 0.0701. The van der Waals surface area contributed by atoms with Gasteiger partial charge in [-0.2, -0.15) is 5.26 Å². The molecule has 2 aromatic carbocycles. The average molecular weight is 405 g/mol. The Balaban J connectivity index is 1.33. The molecule has 2 aliphatic rings. The van der Waals surface area contributed by atoms with Crippen LogP contribution in [0.15, 0.2) is 36.4 Å². The Bertz CT molecular complexity index is 971. The number of hydrogen-bond acceptors (Lipinski definition) is 5. The molecule has 0 radical (unpaired) electrons. The van der Waals surface area contributed by atoms with Crippen LogP contribution in [-0.4, -0.2) is 38.0 Å². The number of likely N-dealkylation sites (tertiary alicyclic amines) is 1. The quantitative estimate of drug-likeness (QED) is 0.721. The number of fused-ring (bicyclic) bond motifs is 1. The maximum atomic E-state index is 13.0. The topological polar surface area (TPSA) is 62.6 Å². The average Bonchev–Trinajstić information content (AvgIpc) is 3.08. The molecule has 0 N–H and O–H groups in total. The number of ether oxygens (including phenoxy) is 2. The van der Waals surface area contributed by atoms with E-state index < -0.39 is 0 Å². The van der Waals surface area contributed by atoms with Crippen LogP contribution in [0.1, 0.15) is 46.3 Å². The van der Waals surface area contributed by atoms with Crippen LogP contribution in [0.4, 0.5) is 0 Å². The van der Waals surface area contributed by atoms with Gasteiger partial charge in [-0.15, -0.1) is 0 Å². The molecule has 1 aliphatic heterocycles. The first-order chi connectivity index (χ1) is 14.6. The number of rotatable bonds is 6. The fraction of sp³-hybridized carbons (Fsp3) is 0.440. The lowest BCUT2D eigenvalue weighted by Crippen LogP contribution is -2.34. The van der Waals surface area contributed by atoms with E-state index in [2.05, 4.69) is 17.0 Å². The van der Waals surface area contributed by atoms with E-state index in [0.717, 1.165) is 62.0 Å². The lowest BCUT2D eigenvalue weighted by atomic mass is 9.85. The van der Waals surface area contributed by atoms with E-state index >= 15 is 0 Å². The van der Waals surface area contributed by atoms with Crippen molar-refractivity contribution in [2.45, 2.75) is 32.2 Å². The van der Waals surface area contributed by atoms with Gasteiger partial charge in [0.15, 0.2) is 17.3 Å². The van der Waals surface area contributed by atoms with Crippen molar-refractivity contribution in [3.05, 3.63) is 58.7 Å². The molecule has 0 bridgehead atoms. The van der Waals surface area contributed by atoms with E-state index in [4.69, 9.17) is 14.7 Å². The third kappa shape index (κ3) is 4.20. The number of nitrogens with zero attached hydrogens (tertiary/aromatic N) is 2. The fourth-order valence-corrected chi connectivity index (χ4v) is 4.87. The van der Waals surface area contributed by atoms with Gasteiger partial charge in [0, 0.05) is 18.0 Å². The van der Waals surface area contributed by atoms with Crippen molar-refractivity contribution in [2.75, 3.05) is 27.3 Å². The summed E-state index contributed by atoms with van der Waals surface area (Å²) in [7, 11) is 3.23. The molecule has 5 nitrogen and oxygen atoms in total. The molecular weight excluding hydrogens is 376 g/mol. The van der Waals surface area contributed by atoms with E-state index in [1.165, 1.54) is 5.56 Å². The highest BCUT2D eigenvalue weighted by Gasteiger charge is 2.34. The summed E-state index contributed by atoms with van der Waals surface area (Å²) in [6.07, 6.45) is 3.99. The normalized spacial score (nSPS) is 19.4. The van der Waals surface area contributed by atoms with Crippen LogP contribution in [0, 0.1) is 23.2 Å². The number of Topliss-reactive ketones (excluding diaryl/α,β-unsaturated/α-hetero) is 1. The van der Waals surface area contributed by atoms with Crippen molar-refractivity contribution >= 4 is 5.78 Å². The molecule has 0 saturated carbocycles. The molecule has 4 rings (SSSR count). The Morgan fingerprint density at radius 1 is 1.10 bits per heavy atom. The zero-order chi connectivity index (χ0) is 21.1. The molecule has 0 spiro atoms. The molecule has 5 heteroatoms. The fourth-order valence-electron chi connectivity index (χ4n) is 4.87. The van der Waals surface area contributed by atoms with Gasteiger partial charge in [-0.25, -0.2) is 0 Å².